The maximum absolute atomic E-state index is 12.1. The minimum absolute atomic E-state index is 0.112. The van der Waals surface area contributed by atoms with Crippen LogP contribution in [0.15, 0.2) is 18.3 Å². The molecular formula is C12H14N2O3. The first-order chi connectivity index (χ1) is 8.08. The van der Waals surface area contributed by atoms with E-state index in [1.54, 1.807) is 23.2 Å². The van der Waals surface area contributed by atoms with Crippen molar-refractivity contribution in [1.82, 2.24) is 9.88 Å². The second-order valence-corrected chi connectivity index (χ2v) is 4.26. The molecule has 1 saturated heterocycles. The number of carboxylic acids is 1. The second-order valence-electron chi connectivity index (χ2n) is 4.26. The molecule has 1 aromatic rings. The molecule has 1 amide bonds. The van der Waals surface area contributed by atoms with Crippen LogP contribution in [-0.4, -0.2) is 40.0 Å². The third-order valence-corrected chi connectivity index (χ3v) is 2.97. The van der Waals surface area contributed by atoms with Crippen LogP contribution in [0.1, 0.15) is 22.5 Å². The van der Waals surface area contributed by atoms with E-state index in [4.69, 9.17) is 5.11 Å². The van der Waals surface area contributed by atoms with Crippen LogP contribution in [0.25, 0.3) is 0 Å². The Morgan fingerprint density at radius 2 is 2.29 bits per heavy atom. The van der Waals surface area contributed by atoms with Crippen molar-refractivity contribution in [2.24, 2.45) is 5.92 Å². The molecule has 1 aliphatic heterocycles. The van der Waals surface area contributed by atoms with Crippen LogP contribution in [0.3, 0.4) is 0 Å². The molecule has 0 aliphatic carbocycles. The van der Waals surface area contributed by atoms with Crippen molar-refractivity contribution in [3.8, 4) is 0 Å². The number of carbonyl (C=O) groups excluding carboxylic acids is 1. The molecule has 1 aliphatic rings. The van der Waals surface area contributed by atoms with Gasteiger partial charge in [-0.15, -0.1) is 0 Å². The van der Waals surface area contributed by atoms with Crippen molar-refractivity contribution in [3.63, 3.8) is 0 Å². The van der Waals surface area contributed by atoms with Crippen molar-refractivity contribution >= 4 is 11.9 Å². The highest BCUT2D eigenvalue weighted by Crippen LogP contribution is 2.18. The van der Waals surface area contributed by atoms with Crippen LogP contribution in [0, 0.1) is 12.8 Å². The van der Waals surface area contributed by atoms with E-state index >= 15 is 0 Å². The number of amides is 1. The van der Waals surface area contributed by atoms with Gasteiger partial charge in [0.25, 0.3) is 5.91 Å². The highest BCUT2D eigenvalue weighted by molar-refractivity contribution is 5.94. The zero-order valence-electron chi connectivity index (χ0n) is 9.59. The van der Waals surface area contributed by atoms with Gasteiger partial charge in [0.05, 0.1) is 5.92 Å². The minimum Gasteiger partial charge on any atom is -0.481 e. The van der Waals surface area contributed by atoms with Gasteiger partial charge in [0, 0.05) is 30.5 Å². The second kappa shape index (κ2) is 4.53. The number of aliphatic carboxylic acids is 1. The Morgan fingerprint density at radius 1 is 1.53 bits per heavy atom. The van der Waals surface area contributed by atoms with Crippen molar-refractivity contribution in [3.05, 3.63) is 29.6 Å². The first kappa shape index (κ1) is 11.6. The normalized spacial score (nSPS) is 19.4. The average Bonchev–Trinajstić information content (AvgIpc) is 2.77. The van der Waals surface area contributed by atoms with Crippen molar-refractivity contribution in [2.45, 2.75) is 13.3 Å². The minimum atomic E-state index is -0.828. The first-order valence-corrected chi connectivity index (χ1v) is 5.52. The number of aromatic nitrogens is 1. The number of hydrogen-bond donors (Lipinski definition) is 1. The molecule has 90 valence electrons. The van der Waals surface area contributed by atoms with Gasteiger partial charge >= 0.3 is 5.97 Å². The Balaban J connectivity index is 2.09. The molecule has 2 rings (SSSR count). The first-order valence-electron chi connectivity index (χ1n) is 5.52. The topological polar surface area (TPSA) is 70.5 Å². The number of aryl methyl sites for hydroxylation is 1. The van der Waals surface area contributed by atoms with Gasteiger partial charge < -0.3 is 10.0 Å². The maximum atomic E-state index is 12.1. The molecule has 1 N–H and O–H groups in total. The molecule has 0 saturated carbocycles. The lowest BCUT2D eigenvalue weighted by Gasteiger charge is -2.15. The summed E-state index contributed by atoms with van der Waals surface area (Å²) in [5.74, 6) is -1.37. The predicted molar refractivity (Wildman–Crippen MR) is 60.6 cm³/mol. The van der Waals surface area contributed by atoms with Gasteiger partial charge in [0.2, 0.25) is 0 Å². The van der Waals surface area contributed by atoms with Crippen LogP contribution in [-0.2, 0) is 4.79 Å². The molecule has 1 unspecified atom stereocenters. The van der Waals surface area contributed by atoms with E-state index in [2.05, 4.69) is 4.98 Å². The van der Waals surface area contributed by atoms with Crippen molar-refractivity contribution in [2.75, 3.05) is 13.1 Å². The summed E-state index contributed by atoms with van der Waals surface area (Å²) in [6.07, 6.45) is 2.12. The van der Waals surface area contributed by atoms with Gasteiger partial charge in [0.15, 0.2) is 0 Å². The number of pyridine rings is 1. The summed E-state index contributed by atoms with van der Waals surface area (Å²) in [6.45, 7) is 2.63. The molecule has 17 heavy (non-hydrogen) atoms. The monoisotopic (exact) mass is 234 g/mol. The SMILES string of the molecule is Cc1cc(C(=O)N2CCC(C(=O)O)C2)ccn1. The lowest BCUT2D eigenvalue weighted by Crippen LogP contribution is -2.30. The molecule has 1 aromatic heterocycles. The molecule has 0 radical (unpaired) electrons. The van der Waals surface area contributed by atoms with Crippen LogP contribution in [0.2, 0.25) is 0 Å². The highest BCUT2D eigenvalue weighted by atomic mass is 16.4. The number of carbonyl (C=O) groups is 2. The van der Waals surface area contributed by atoms with Gasteiger partial charge in [-0.2, -0.15) is 0 Å². The standard InChI is InChI=1S/C12H14N2O3/c1-8-6-9(2-4-13-8)11(15)14-5-3-10(7-14)12(16)17/h2,4,6,10H,3,5,7H2,1H3,(H,16,17). The summed E-state index contributed by atoms with van der Waals surface area (Å²) < 4.78 is 0. The fourth-order valence-corrected chi connectivity index (χ4v) is 2.01. The fourth-order valence-electron chi connectivity index (χ4n) is 2.01. The van der Waals surface area contributed by atoms with Gasteiger partial charge in [-0.1, -0.05) is 0 Å². The van der Waals surface area contributed by atoms with Gasteiger partial charge in [-0.25, -0.2) is 0 Å². The molecule has 0 bridgehead atoms. The number of carboxylic acid groups (broad SMARTS) is 1. The zero-order valence-corrected chi connectivity index (χ0v) is 9.59. The van der Waals surface area contributed by atoms with Gasteiger partial charge in [-0.05, 0) is 25.5 Å². The number of rotatable bonds is 2. The van der Waals surface area contributed by atoms with Gasteiger partial charge in [0.1, 0.15) is 0 Å². The quantitative estimate of drug-likeness (QED) is 0.826. The Kier molecular flexibility index (Phi) is 3.08. The zero-order chi connectivity index (χ0) is 12.4. The van der Waals surface area contributed by atoms with Crippen LogP contribution < -0.4 is 0 Å². The van der Waals surface area contributed by atoms with Crippen molar-refractivity contribution in [1.29, 1.82) is 0 Å². The Bertz CT molecular complexity index is 459. The molecule has 0 aromatic carbocycles. The molecule has 5 nitrogen and oxygen atoms in total. The highest BCUT2D eigenvalue weighted by Gasteiger charge is 2.31. The van der Waals surface area contributed by atoms with Crippen LogP contribution in [0.5, 0.6) is 0 Å². The summed E-state index contributed by atoms with van der Waals surface area (Å²) in [6, 6.07) is 3.37. The summed E-state index contributed by atoms with van der Waals surface area (Å²) >= 11 is 0. The third kappa shape index (κ3) is 2.43. The average molecular weight is 234 g/mol. The predicted octanol–water partition coefficient (Wildman–Crippen LogP) is 0.937. The van der Waals surface area contributed by atoms with E-state index in [1.165, 1.54) is 0 Å². The van der Waals surface area contributed by atoms with Gasteiger partial charge in [-0.3, -0.25) is 14.6 Å². The number of likely N-dealkylation sites (tertiary alicyclic amines) is 1. The lowest BCUT2D eigenvalue weighted by molar-refractivity contribution is -0.141. The van der Waals surface area contributed by atoms with E-state index in [-0.39, 0.29) is 5.91 Å². The summed E-state index contributed by atoms with van der Waals surface area (Å²) in [5.41, 5.74) is 1.35. The molecule has 1 atom stereocenters. The number of nitrogens with zero attached hydrogens (tertiary/aromatic N) is 2. The maximum Gasteiger partial charge on any atom is 0.308 e. The van der Waals surface area contributed by atoms with Crippen LogP contribution in [0.4, 0.5) is 0 Å². The number of hydrogen-bond acceptors (Lipinski definition) is 3. The fraction of sp³-hybridized carbons (Fsp3) is 0.417. The Hall–Kier alpha value is -1.91. The molecule has 5 heteroatoms. The van der Waals surface area contributed by atoms with E-state index < -0.39 is 11.9 Å². The largest absolute Gasteiger partial charge is 0.481 e. The van der Waals surface area contributed by atoms with E-state index in [0.717, 1.165) is 5.69 Å². The summed E-state index contributed by atoms with van der Waals surface area (Å²) in [4.78, 5) is 28.5. The van der Waals surface area contributed by atoms with Crippen LogP contribution >= 0.6 is 0 Å². The summed E-state index contributed by atoms with van der Waals surface area (Å²) in [5, 5.41) is 8.88. The lowest BCUT2D eigenvalue weighted by atomic mass is 10.1. The van der Waals surface area contributed by atoms with E-state index in [9.17, 15) is 9.59 Å². The molecule has 2 heterocycles. The van der Waals surface area contributed by atoms with E-state index in [1.807, 2.05) is 6.92 Å². The molecular weight excluding hydrogens is 220 g/mol. The van der Waals surface area contributed by atoms with Crippen molar-refractivity contribution < 1.29 is 14.7 Å². The Morgan fingerprint density at radius 3 is 2.88 bits per heavy atom. The third-order valence-electron chi connectivity index (χ3n) is 2.97. The molecule has 0 spiro atoms. The summed E-state index contributed by atoms with van der Waals surface area (Å²) in [7, 11) is 0. The van der Waals surface area contributed by atoms with E-state index in [0.29, 0.717) is 25.1 Å². The molecule has 1 fully saturated rings. The Labute approximate surface area is 99.1 Å². The smallest absolute Gasteiger partial charge is 0.308 e.